The minimum atomic E-state index is -0.0220. The van der Waals surface area contributed by atoms with Crippen molar-refractivity contribution in [1.29, 1.82) is 0 Å². The second-order valence-electron chi connectivity index (χ2n) is 8.08. The number of rotatable bonds is 8. The van der Waals surface area contributed by atoms with Crippen molar-refractivity contribution in [2.75, 3.05) is 39.3 Å². The van der Waals surface area contributed by atoms with E-state index in [4.69, 9.17) is 4.74 Å². The van der Waals surface area contributed by atoms with Gasteiger partial charge in [0.1, 0.15) is 17.7 Å². The van der Waals surface area contributed by atoms with Crippen LogP contribution in [0.15, 0.2) is 52.4 Å². The quantitative estimate of drug-likeness (QED) is 0.503. The second kappa shape index (κ2) is 11.6. The maximum Gasteiger partial charge on any atom is 0.149 e. The molecule has 1 heterocycles. The van der Waals surface area contributed by atoms with Crippen LogP contribution < -0.4 is 10.1 Å². The Labute approximate surface area is 185 Å². The molecular formula is C25H34N4O2. The molecule has 2 aromatic carbocycles. The van der Waals surface area contributed by atoms with E-state index in [0.29, 0.717) is 12.5 Å². The third-order valence-corrected chi connectivity index (χ3v) is 5.42. The molecule has 31 heavy (non-hydrogen) atoms. The van der Waals surface area contributed by atoms with E-state index in [0.717, 1.165) is 49.6 Å². The van der Waals surface area contributed by atoms with Crippen LogP contribution in [0.1, 0.15) is 43.4 Å². The molecule has 0 aromatic heterocycles. The van der Waals surface area contributed by atoms with Gasteiger partial charge in [-0.1, -0.05) is 32.0 Å². The Balaban J connectivity index is 1.45. The van der Waals surface area contributed by atoms with E-state index in [1.807, 2.05) is 18.3 Å². The smallest absolute Gasteiger partial charge is 0.149 e. The number of phenols is 1. The lowest BCUT2D eigenvalue weighted by molar-refractivity contribution is 0.0433. The second-order valence-corrected chi connectivity index (χ2v) is 8.08. The van der Waals surface area contributed by atoms with Crippen molar-refractivity contribution in [2.45, 2.75) is 32.9 Å². The number of phenolic OH excluding ortho intramolecular Hbond substituents is 1. The van der Waals surface area contributed by atoms with E-state index < -0.39 is 0 Å². The zero-order valence-electron chi connectivity index (χ0n) is 18.8. The van der Waals surface area contributed by atoms with Gasteiger partial charge in [-0.3, -0.25) is 14.9 Å². The Hall–Kier alpha value is -2.70. The summed E-state index contributed by atoms with van der Waals surface area (Å²) < 4.78 is 6.28. The average Bonchev–Trinajstić information content (AvgIpc) is 2.83. The standard InChI is InChI=1S/C25H34N4O2/c1-19(2)21-8-9-25-23(16-21)18-28-13-15-29(20(3)31-25)14-12-26-10-11-27-17-22-6-4-5-7-24(22)30/h4-9,16-20,26,30H,10-15H2,1-3H3. The first-order valence-electron chi connectivity index (χ1n) is 11.1. The number of aliphatic imine (C=N–C) groups is 2. The largest absolute Gasteiger partial charge is 0.507 e. The molecule has 0 saturated carbocycles. The zero-order valence-corrected chi connectivity index (χ0v) is 18.8. The summed E-state index contributed by atoms with van der Waals surface area (Å²) in [5, 5.41) is 13.2. The monoisotopic (exact) mass is 422 g/mol. The van der Waals surface area contributed by atoms with Gasteiger partial charge in [-0.25, -0.2) is 0 Å². The molecule has 0 radical (unpaired) electrons. The molecule has 0 fully saturated rings. The van der Waals surface area contributed by atoms with Crippen molar-refractivity contribution in [3.05, 3.63) is 59.2 Å². The molecule has 0 aliphatic carbocycles. The van der Waals surface area contributed by atoms with E-state index in [-0.39, 0.29) is 12.0 Å². The molecule has 2 aromatic rings. The van der Waals surface area contributed by atoms with E-state index in [9.17, 15) is 5.11 Å². The molecule has 0 bridgehead atoms. The van der Waals surface area contributed by atoms with E-state index in [2.05, 4.69) is 59.2 Å². The molecule has 1 atom stereocenters. The van der Waals surface area contributed by atoms with Gasteiger partial charge in [-0.2, -0.15) is 0 Å². The number of ether oxygens (including phenoxy) is 1. The van der Waals surface area contributed by atoms with Gasteiger partial charge in [0.2, 0.25) is 0 Å². The van der Waals surface area contributed by atoms with Gasteiger partial charge in [0.15, 0.2) is 0 Å². The van der Waals surface area contributed by atoms with Crippen LogP contribution in [0, 0.1) is 0 Å². The van der Waals surface area contributed by atoms with Crippen LogP contribution in [0.3, 0.4) is 0 Å². The third kappa shape index (κ3) is 6.91. The van der Waals surface area contributed by atoms with Gasteiger partial charge in [-0.05, 0) is 42.7 Å². The lowest BCUT2D eigenvalue weighted by Gasteiger charge is -2.29. The van der Waals surface area contributed by atoms with E-state index >= 15 is 0 Å². The summed E-state index contributed by atoms with van der Waals surface area (Å²) in [4.78, 5) is 11.3. The number of fused-ring (bicyclic) bond motifs is 1. The number of para-hydroxylation sites is 1. The minimum absolute atomic E-state index is 0.0220. The van der Waals surface area contributed by atoms with E-state index in [1.165, 1.54) is 5.56 Å². The van der Waals surface area contributed by atoms with Gasteiger partial charge in [0.25, 0.3) is 0 Å². The highest BCUT2D eigenvalue weighted by molar-refractivity contribution is 5.84. The van der Waals surface area contributed by atoms with Crippen molar-refractivity contribution >= 4 is 12.4 Å². The molecule has 6 heteroatoms. The molecule has 2 N–H and O–H groups in total. The van der Waals surface area contributed by atoms with Gasteiger partial charge < -0.3 is 15.2 Å². The highest BCUT2D eigenvalue weighted by Gasteiger charge is 2.18. The first-order valence-corrected chi connectivity index (χ1v) is 11.1. The number of nitrogens with one attached hydrogen (secondary N) is 1. The normalized spacial score (nSPS) is 17.2. The maximum atomic E-state index is 9.75. The van der Waals surface area contributed by atoms with E-state index in [1.54, 1.807) is 18.3 Å². The van der Waals surface area contributed by atoms with Crippen LogP contribution in [0.5, 0.6) is 11.5 Å². The molecule has 0 saturated heterocycles. The molecule has 0 amide bonds. The molecule has 1 unspecified atom stereocenters. The highest BCUT2D eigenvalue weighted by atomic mass is 16.5. The van der Waals surface area contributed by atoms with Gasteiger partial charge in [0.05, 0.1) is 13.1 Å². The highest BCUT2D eigenvalue weighted by Crippen LogP contribution is 2.25. The topological polar surface area (TPSA) is 69.5 Å². The summed E-state index contributed by atoms with van der Waals surface area (Å²) in [5.41, 5.74) is 3.10. The molecule has 6 nitrogen and oxygen atoms in total. The fourth-order valence-electron chi connectivity index (χ4n) is 3.47. The molecule has 1 aliphatic rings. The summed E-state index contributed by atoms with van der Waals surface area (Å²) in [6.07, 6.45) is 3.64. The first-order chi connectivity index (χ1) is 15.0. The van der Waals surface area contributed by atoms with Crippen LogP contribution in [-0.4, -0.2) is 67.9 Å². The minimum Gasteiger partial charge on any atom is -0.507 e. The molecule has 0 spiro atoms. The van der Waals surface area contributed by atoms with Crippen molar-refractivity contribution in [2.24, 2.45) is 9.98 Å². The van der Waals surface area contributed by atoms with Gasteiger partial charge >= 0.3 is 0 Å². The van der Waals surface area contributed by atoms with Crippen molar-refractivity contribution < 1.29 is 9.84 Å². The van der Waals surface area contributed by atoms with Gasteiger partial charge in [0, 0.05) is 49.7 Å². The molecular weight excluding hydrogens is 388 g/mol. The number of hydrogen-bond acceptors (Lipinski definition) is 6. The van der Waals surface area contributed by atoms with Crippen molar-refractivity contribution in [3.8, 4) is 11.5 Å². The molecule has 3 rings (SSSR count). The number of benzene rings is 2. The molecule has 166 valence electrons. The Morgan fingerprint density at radius 1 is 1.26 bits per heavy atom. The predicted molar refractivity (Wildman–Crippen MR) is 128 cm³/mol. The zero-order chi connectivity index (χ0) is 22.1. The molecule has 1 aliphatic heterocycles. The van der Waals surface area contributed by atoms with Gasteiger partial charge in [-0.15, -0.1) is 0 Å². The summed E-state index contributed by atoms with van der Waals surface area (Å²) in [6, 6.07) is 13.6. The number of nitrogens with zero attached hydrogens (tertiary/aromatic N) is 3. The fraction of sp³-hybridized carbons (Fsp3) is 0.440. The van der Waals surface area contributed by atoms with Crippen LogP contribution in [-0.2, 0) is 0 Å². The maximum absolute atomic E-state index is 9.75. The SMILES string of the molecule is CC(C)c1ccc2c(c1)C=NCCN(CCNCCN=Cc1ccccc1O)C(C)O2. The van der Waals surface area contributed by atoms with Crippen LogP contribution in [0.25, 0.3) is 0 Å². The Morgan fingerprint density at radius 2 is 2.10 bits per heavy atom. The summed E-state index contributed by atoms with van der Waals surface area (Å²) in [6.45, 7) is 11.3. The number of aromatic hydroxyl groups is 1. The summed E-state index contributed by atoms with van der Waals surface area (Å²) in [5.74, 6) is 1.62. The summed E-state index contributed by atoms with van der Waals surface area (Å²) >= 11 is 0. The lowest BCUT2D eigenvalue weighted by Crippen LogP contribution is -2.43. The van der Waals surface area contributed by atoms with Crippen molar-refractivity contribution in [1.82, 2.24) is 10.2 Å². The van der Waals surface area contributed by atoms with Crippen molar-refractivity contribution in [3.63, 3.8) is 0 Å². The lowest BCUT2D eigenvalue weighted by atomic mass is 10.0. The van der Waals surface area contributed by atoms with Crippen LogP contribution >= 0.6 is 0 Å². The average molecular weight is 423 g/mol. The predicted octanol–water partition coefficient (Wildman–Crippen LogP) is 3.68. The number of hydrogen-bond donors (Lipinski definition) is 2. The Kier molecular flexibility index (Phi) is 8.62. The Morgan fingerprint density at radius 3 is 2.90 bits per heavy atom. The van der Waals surface area contributed by atoms with Crippen LogP contribution in [0.2, 0.25) is 0 Å². The fourth-order valence-corrected chi connectivity index (χ4v) is 3.47. The first kappa shape index (κ1) is 23.0. The van der Waals surface area contributed by atoms with Crippen LogP contribution in [0.4, 0.5) is 0 Å². The Bertz CT molecular complexity index is 895. The third-order valence-electron chi connectivity index (χ3n) is 5.42. The summed E-state index contributed by atoms with van der Waals surface area (Å²) in [7, 11) is 0.